The maximum Gasteiger partial charge on any atom is 0.329 e. The van der Waals surface area contributed by atoms with Crippen LogP contribution in [0.2, 0.25) is 0 Å². The third-order valence-electron chi connectivity index (χ3n) is 3.19. The molecule has 0 fully saturated rings. The van der Waals surface area contributed by atoms with Crippen molar-refractivity contribution < 1.29 is 19.1 Å². The summed E-state index contributed by atoms with van der Waals surface area (Å²) in [6.45, 7) is 4.23. The van der Waals surface area contributed by atoms with Gasteiger partial charge in [-0.2, -0.15) is 0 Å². The lowest BCUT2D eigenvalue weighted by atomic mass is 10.0. The Morgan fingerprint density at radius 3 is 2.26 bits per heavy atom. The highest BCUT2D eigenvalue weighted by Gasteiger charge is 2.17. The van der Waals surface area contributed by atoms with Crippen LogP contribution in [0.3, 0.4) is 0 Å². The molecule has 0 heterocycles. The molecular formula is C16H17Br2O4P. The molecule has 2 aromatic carbocycles. The summed E-state index contributed by atoms with van der Waals surface area (Å²) >= 11 is 6.80. The number of hydrogen-bond acceptors (Lipinski definition) is 2. The first-order chi connectivity index (χ1) is 10.7. The molecule has 124 valence electrons. The Morgan fingerprint density at radius 1 is 1.13 bits per heavy atom. The van der Waals surface area contributed by atoms with Gasteiger partial charge in [0.15, 0.2) is 5.75 Å². The van der Waals surface area contributed by atoms with Gasteiger partial charge >= 0.3 is 7.60 Å². The molecule has 0 aromatic heterocycles. The van der Waals surface area contributed by atoms with Crippen molar-refractivity contribution >= 4 is 39.5 Å². The van der Waals surface area contributed by atoms with Gasteiger partial charge in [0.2, 0.25) is 0 Å². The number of benzene rings is 2. The van der Waals surface area contributed by atoms with Gasteiger partial charge in [0, 0.05) is 0 Å². The fourth-order valence-corrected chi connectivity index (χ4v) is 4.20. The summed E-state index contributed by atoms with van der Waals surface area (Å²) in [5.74, 6) is 1.68. The lowest BCUT2D eigenvalue weighted by Crippen LogP contribution is -1.93. The molecule has 0 bridgehead atoms. The third-order valence-corrected chi connectivity index (χ3v) is 5.15. The molecule has 0 unspecified atom stereocenters. The maximum absolute atomic E-state index is 11.1. The highest BCUT2D eigenvalue weighted by atomic mass is 79.9. The largest absolute Gasteiger partial charge is 0.455 e. The molecule has 2 rings (SSSR count). The molecule has 0 atom stereocenters. The van der Waals surface area contributed by atoms with Crippen molar-refractivity contribution in [2.24, 2.45) is 0 Å². The molecule has 0 aliphatic heterocycles. The fourth-order valence-electron chi connectivity index (χ4n) is 2.09. The van der Waals surface area contributed by atoms with Gasteiger partial charge in [0.05, 0.1) is 15.1 Å². The van der Waals surface area contributed by atoms with E-state index in [1.807, 2.05) is 24.3 Å². The smallest absolute Gasteiger partial charge is 0.329 e. The summed E-state index contributed by atoms with van der Waals surface area (Å²) in [4.78, 5) is 18.2. The zero-order valence-electron chi connectivity index (χ0n) is 12.7. The molecule has 2 N–H and O–H groups in total. The van der Waals surface area contributed by atoms with E-state index in [1.165, 1.54) is 5.56 Å². The van der Waals surface area contributed by atoms with Crippen molar-refractivity contribution in [2.75, 3.05) is 0 Å². The van der Waals surface area contributed by atoms with Gasteiger partial charge < -0.3 is 14.5 Å². The van der Waals surface area contributed by atoms with E-state index in [2.05, 4.69) is 45.7 Å². The minimum Gasteiger partial charge on any atom is -0.455 e. The van der Waals surface area contributed by atoms with Crippen molar-refractivity contribution in [3.05, 3.63) is 56.5 Å². The Hall–Kier alpha value is -0.650. The maximum atomic E-state index is 11.1. The Labute approximate surface area is 152 Å². The summed E-state index contributed by atoms with van der Waals surface area (Å²) in [6, 6.07) is 11.2. The van der Waals surface area contributed by atoms with Gasteiger partial charge in [0.1, 0.15) is 5.75 Å². The average Bonchev–Trinajstić information content (AvgIpc) is 2.41. The van der Waals surface area contributed by atoms with Crippen LogP contribution in [-0.2, 0) is 10.7 Å². The highest BCUT2D eigenvalue weighted by Crippen LogP contribution is 2.43. The van der Waals surface area contributed by atoms with Gasteiger partial charge in [-0.15, -0.1) is 0 Å². The first-order valence-electron chi connectivity index (χ1n) is 6.96. The van der Waals surface area contributed by atoms with Crippen molar-refractivity contribution in [2.45, 2.75) is 25.9 Å². The van der Waals surface area contributed by atoms with Gasteiger partial charge in [-0.1, -0.05) is 26.0 Å². The summed E-state index contributed by atoms with van der Waals surface area (Å²) in [5.41, 5.74) is 1.70. The monoisotopic (exact) mass is 462 g/mol. The zero-order chi connectivity index (χ0) is 17.2. The molecule has 0 aliphatic carbocycles. The minimum atomic E-state index is -4.11. The second-order valence-electron chi connectivity index (χ2n) is 5.54. The summed E-state index contributed by atoms with van der Waals surface area (Å²) in [5, 5.41) is 0. The SMILES string of the molecule is CC(C)c1cccc(Oc2c(Br)cc(CP(=O)(O)O)cc2Br)c1. The summed E-state index contributed by atoms with van der Waals surface area (Å²) < 4.78 is 18.3. The van der Waals surface area contributed by atoms with E-state index in [-0.39, 0.29) is 6.16 Å². The van der Waals surface area contributed by atoms with Crippen molar-refractivity contribution in [1.29, 1.82) is 0 Å². The Bertz CT molecular complexity index is 732. The topological polar surface area (TPSA) is 66.8 Å². The van der Waals surface area contributed by atoms with E-state index in [0.29, 0.717) is 31.9 Å². The first-order valence-corrected chi connectivity index (χ1v) is 10.3. The standard InChI is InChI=1S/C16H17Br2O4P/c1-10(2)12-4-3-5-13(8-12)22-16-14(17)6-11(7-15(16)18)9-23(19,20)21/h3-8,10H,9H2,1-2H3,(H2,19,20,21). The van der Waals surface area contributed by atoms with Crippen LogP contribution in [0.15, 0.2) is 45.3 Å². The average molecular weight is 464 g/mol. The summed E-state index contributed by atoms with van der Waals surface area (Å²) in [6.07, 6.45) is -0.312. The number of rotatable bonds is 5. The van der Waals surface area contributed by atoms with E-state index in [9.17, 15) is 4.57 Å². The molecule has 0 radical (unpaired) electrons. The van der Waals surface area contributed by atoms with E-state index in [1.54, 1.807) is 12.1 Å². The number of hydrogen-bond donors (Lipinski definition) is 2. The number of halogens is 2. The van der Waals surface area contributed by atoms with E-state index in [4.69, 9.17) is 14.5 Å². The van der Waals surface area contributed by atoms with Crippen LogP contribution in [-0.4, -0.2) is 9.79 Å². The van der Waals surface area contributed by atoms with Crippen LogP contribution in [0.5, 0.6) is 11.5 Å². The van der Waals surface area contributed by atoms with Crippen LogP contribution < -0.4 is 4.74 Å². The van der Waals surface area contributed by atoms with Gasteiger partial charge in [-0.05, 0) is 73.2 Å². The van der Waals surface area contributed by atoms with E-state index >= 15 is 0 Å². The van der Waals surface area contributed by atoms with Crippen molar-refractivity contribution in [3.63, 3.8) is 0 Å². The molecule has 0 aliphatic rings. The summed E-state index contributed by atoms with van der Waals surface area (Å²) in [7, 11) is -4.11. The molecule has 0 saturated heterocycles. The predicted molar refractivity (Wildman–Crippen MR) is 98.2 cm³/mol. The van der Waals surface area contributed by atoms with Gasteiger partial charge in [0.25, 0.3) is 0 Å². The predicted octanol–water partition coefficient (Wildman–Crippen LogP) is 5.81. The molecule has 7 heteroatoms. The molecule has 4 nitrogen and oxygen atoms in total. The second kappa shape index (κ2) is 7.49. The Kier molecular flexibility index (Phi) is 6.09. The first kappa shape index (κ1) is 18.7. The highest BCUT2D eigenvalue weighted by molar-refractivity contribution is 9.11. The van der Waals surface area contributed by atoms with Crippen molar-refractivity contribution in [3.8, 4) is 11.5 Å². The van der Waals surface area contributed by atoms with Gasteiger partial charge in [-0.3, -0.25) is 4.57 Å². The Balaban J connectivity index is 2.30. The quantitative estimate of drug-likeness (QED) is 0.549. The van der Waals surface area contributed by atoms with E-state index in [0.717, 1.165) is 0 Å². The molecule has 23 heavy (non-hydrogen) atoms. The van der Waals surface area contributed by atoms with Crippen LogP contribution in [0.25, 0.3) is 0 Å². The number of ether oxygens (including phenoxy) is 1. The molecule has 0 spiro atoms. The lowest BCUT2D eigenvalue weighted by molar-refractivity contribution is 0.371. The van der Waals surface area contributed by atoms with E-state index < -0.39 is 7.60 Å². The van der Waals surface area contributed by atoms with Gasteiger partial charge in [-0.25, -0.2) is 0 Å². The third kappa shape index (κ3) is 5.44. The fraction of sp³-hybridized carbons (Fsp3) is 0.250. The van der Waals surface area contributed by atoms with Crippen molar-refractivity contribution in [1.82, 2.24) is 0 Å². The molecule has 2 aromatic rings. The molecule has 0 saturated carbocycles. The second-order valence-corrected chi connectivity index (χ2v) is 8.89. The minimum absolute atomic E-state index is 0.312. The molecule has 0 amide bonds. The lowest BCUT2D eigenvalue weighted by Gasteiger charge is -2.14. The normalized spacial score (nSPS) is 11.8. The van der Waals surface area contributed by atoms with Crippen LogP contribution >= 0.6 is 39.5 Å². The molecular weight excluding hydrogens is 447 g/mol. The van der Waals surface area contributed by atoms with Crippen LogP contribution in [0, 0.1) is 0 Å². The zero-order valence-corrected chi connectivity index (χ0v) is 16.7. The van der Waals surface area contributed by atoms with Crippen LogP contribution in [0.1, 0.15) is 30.9 Å². The van der Waals surface area contributed by atoms with Crippen LogP contribution in [0.4, 0.5) is 0 Å². The Morgan fingerprint density at radius 2 is 1.74 bits per heavy atom.